The van der Waals surface area contributed by atoms with Gasteiger partial charge in [-0.25, -0.2) is 8.78 Å². The molecule has 0 saturated heterocycles. The highest BCUT2D eigenvalue weighted by Gasteiger charge is 2.16. The van der Waals surface area contributed by atoms with E-state index in [4.69, 9.17) is 0 Å². The molecule has 0 aliphatic rings. The van der Waals surface area contributed by atoms with Crippen LogP contribution in [0.15, 0.2) is 24.3 Å². The monoisotopic (exact) mass is 256 g/mol. The summed E-state index contributed by atoms with van der Waals surface area (Å²) in [6.07, 6.45) is -2.28. The number of hydrogen-bond donors (Lipinski definition) is 1. The molecule has 0 radical (unpaired) electrons. The van der Waals surface area contributed by atoms with Crippen LogP contribution in [-0.2, 0) is 0 Å². The highest BCUT2D eigenvalue weighted by Crippen LogP contribution is 2.18. The van der Waals surface area contributed by atoms with Gasteiger partial charge in [0.15, 0.2) is 0 Å². The van der Waals surface area contributed by atoms with Crippen LogP contribution in [0.3, 0.4) is 0 Å². The van der Waals surface area contributed by atoms with E-state index in [9.17, 15) is 8.78 Å². The van der Waals surface area contributed by atoms with Crippen LogP contribution in [0.5, 0.6) is 0 Å². The zero-order chi connectivity index (χ0) is 13.5. The van der Waals surface area contributed by atoms with E-state index < -0.39 is 6.43 Å². The van der Waals surface area contributed by atoms with Crippen molar-refractivity contribution in [2.75, 3.05) is 26.7 Å². The van der Waals surface area contributed by atoms with Crippen LogP contribution in [0.4, 0.5) is 8.78 Å². The molecule has 0 amide bonds. The number of hydrogen-bond acceptors (Lipinski definition) is 2. The summed E-state index contributed by atoms with van der Waals surface area (Å²) in [7, 11) is 1.73. The number of nitrogens with zero attached hydrogens (tertiary/aromatic N) is 1. The molecule has 1 atom stereocenters. The third-order valence-electron chi connectivity index (χ3n) is 2.96. The Bertz CT molecular complexity index is 355. The second kappa shape index (κ2) is 7.44. The summed E-state index contributed by atoms with van der Waals surface area (Å²) >= 11 is 0. The van der Waals surface area contributed by atoms with Crippen molar-refractivity contribution < 1.29 is 8.78 Å². The molecule has 0 aromatic heterocycles. The van der Waals surface area contributed by atoms with Gasteiger partial charge in [-0.05, 0) is 31.6 Å². The molecule has 2 nitrogen and oxygen atoms in total. The average molecular weight is 256 g/mol. The summed E-state index contributed by atoms with van der Waals surface area (Å²) in [4.78, 5) is 1.67. The molecule has 0 aliphatic heterocycles. The number of likely N-dealkylation sites (N-methyl/N-ethyl adjacent to an activating group) is 2. The van der Waals surface area contributed by atoms with Crippen LogP contribution < -0.4 is 5.32 Å². The van der Waals surface area contributed by atoms with E-state index in [0.717, 1.165) is 6.54 Å². The first-order valence-corrected chi connectivity index (χ1v) is 6.30. The van der Waals surface area contributed by atoms with Gasteiger partial charge in [0, 0.05) is 12.6 Å². The molecule has 102 valence electrons. The van der Waals surface area contributed by atoms with Crippen molar-refractivity contribution in [3.05, 3.63) is 35.4 Å². The van der Waals surface area contributed by atoms with Gasteiger partial charge >= 0.3 is 0 Å². The Morgan fingerprint density at radius 2 is 1.89 bits per heavy atom. The topological polar surface area (TPSA) is 15.3 Å². The SMILES string of the molecule is CCNC(CN(C)CC(F)F)c1ccccc1C. The van der Waals surface area contributed by atoms with E-state index in [-0.39, 0.29) is 12.6 Å². The molecule has 18 heavy (non-hydrogen) atoms. The largest absolute Gasteiger partial charge is 0.309 e. The molecule has 1 N–H and O–H groups in total. The van der Waals surface area contributed by atoms with Crippen LogP contribution in [0.25, 0.3) is 0 Å². The molecular weight excluding hydrogens is 234 g/mol. The van der Waals surface area contributed by atoms with Crippen LogP contribution in [0.2, 0.25) is 0 Å². The van der Waals surface area contributed by atoms with Crippen LogP contribution in [0, 0.1) is 6.92 Å². The van der Waals surface area contributed by atoms with Gasteiger partial charge in [-0.1, -0.05) is 31.2 Å². The zero-order valence-electron chi connectivity index (χ0n) is 11.3. The predicted molar refractivity (Wildman–Crippen MR) is 71.1 cm³/mol. The first kappa shape index (κ1) is 15.1. The summed E-state index contributed by atoms with van der Waals surface area (Å²) in [5.74, 6) is 0. The fourth-order valence-corrected chi connectivity index (χ4v) is 2.12. The summed E-state index contributed by atoms with van der Waals surface area (Å²) in [5, 5.41) is 3.36. The van der Waals surface area contributed by atoms with Gasteiger partial charge in [-0.15, -0.1) is 0 Å². The van der Waals surface area contributed by atoms with Crippen molar-refractivity contribution in [3.8, 4) is 0 Å². The van der Waals surface area contributed by atoms with Crippen molar-refractivity contribution in [1.82, 2.24) is 10.2 Å². The molecule has 1 unspecified atom stereocenters. The number of aryl methyl sites for hydroxylation is 1. The van der Waals surface area contributed by atoms with E-state index in [0.29, 0.717) is 6.54 Å². The van der Waals surface area contributed by atoms with Gasteiger partial charge in [0.1, 0.15) is 0 Å². The lowest BCUT2D eigenvalue weighted by molar-refractivity contribution is 0.0959. The van der Waals surface area contributed by atoms with Gasteiger partial charge in [-0.3, -0.25) is 4.90 Å². The Kier molecular flexibility index (Phi) is 6.22. The summed E-state index contributed by atoms with van der Waals surface area (Å²) in [6.45, 7) is 5.30. The molecule has 1 aromatic carbocycles. The second-order valence-corrected chi connectivity index (χ2v) is 4.58. The van der Waals surface area contributed by atoms with Gasteiger partial charge in [0.25, 0.3) is 6.43 Å². The van der Waals surface area contributed by atoms with Gasteiger partial charge in [0.05, 0.1) is 6.54 Å². The normalized spacial score (nSPS) is 13.3. The summed E-state index contributed by atoms with van der Waals surface area (Å²) < 4.78 is 24.7. The van der Waals surface area contributed by atoms with Crippen molar-refractivity contribution in [3.63, 3.8) is 0 Å². The smallest absolute Gasteiger partial charge is 0.251 e. The summed E-state index contributed by atoms with van der Waals surface area (Å²) in [6, 6.07) is 8.18. The minimum atomic E-state index is -2.28. The molecule has 0 bridgehead atoms. The van der Waals surface area contributed by atoms with Gasteiger partial charge in [0.2, 0.25) is 0 Å². The minimum absolute atomic E-state index is 0.0972. The zero-order valence-corrected chi connectivity index (χ0v) is 11.3. The maximum atomic E-state index is 12.3. The number of nitrogens with one attached hydrogen (secondary N) is 1. The molecule has 0 fully saturated rings. The number of halogens is 2. The standard InChI is InChI=1S/C14H22F2N2/c1-4-17-13(9-18(3)10-14(15)16)12-8-6-5-7-11(12)2/h5-8,13-14,17H,4,9-10H2,1-3H3. The second-order valence-electron chi connectivity index (χ2n) is 4.58. The first-order valence-electron chi connectivity index (χ1n) is 6.30. The summed E-state index contributed by atoms with van der Waals surface area (Å²) in [5.41, 5.74) is 2.37. The lowest BCUT2D eigenvalue weighted by Crippen LogP contribution is -2.35. The molecule has 1 aromatic rings. The van der Waals surface area contributed by atoms with Crippen LogP contribution >= 0.6 is 0 Å². The van der Waals surface area contributed by atoms with E-state index in [1.807, 2.05) is 32.0 Å². The maximum Gasteiger partial charge on any atom is 0.251 e. The Morgan fingerprint density at radius 3 is 2.44 bits per heavy atom. The average Bonchev–Trinajstić information content (AvgIpc) is 2.28. The number of benzene rings is 1. The van der Waals surface area contributed by atoms with Crippen LogP contribution in [0.1, 0.15) is 24.1 Å². The number of rotatable bonds is 7. The molecule has 0 aliphatic carbocycles. The van der Waals surface area contributed by atoms with Crippen molar-refractivity contribution >= 4 is 0 Å². The van der Waals surface area contributed by atoms with Crippen molar-refractivity contribution in [2.24, 2.45) is 0 Å². The fraction of sp³-hybridized carbons (Fsp3) is 0.571. The number of alkyl halides is 2. The predicted octanol–water partition coefficient (Wildman–Crippen LogP) is 2.84. The Hall–Kier alpha value is -1.00. The van der Waals surface area contributed by atoms with Gasteiger partial charge in [-0.2, -0.15) is 0 Å². The third-order valence-corrected chi connectivity index (χ3v) is 2.96. The van der Waals surface area contributed by atoms with Crippen molar-refractivity contribution in [1.29, 1.82) is 0 Å². The van der Waals surface area contributed by atoms with Crippen LogP contribution in [-0.4, -0.2) is 38.0 Å². The Labute approximate surface area is 108 Å². The molecule has 1 rings (SSSR count). The van der Waals surface area contributed by atoms with E-state index in [1.165, 1.54) is 11.1 Å². The third kappa shape index (κ3) is 4.70. The van der Waals surface area contributed by atoms with E-state index >= 15 is 0 Å². The van der Waals surface area contributed by atoms with Crippen molar-refractivity contribution in [2.45, 2.75) is 26.3 Å². The molecule has 0 heterocycles. The van der Waals surface area contributed by atoms with E-state index in [2.05, 4.69) is 11.4 Å². The fourth-order valence-electron chi connectivity index (χ4n) is 2.12. The molecule has 0 saturated carbocycles. The minimum Gasteiger partial charge on any atom is -0.309 e. The Balaban J connectivity index is 2.74. The lowest BCUT2D eigenvalue weighted by Gasteiger charge is -2.26. The van der Waals surface area contributed by atoms with Gasteiger partial charge < -0.3 is 5.32 Å². The highest BCUT2D eigenvalue weighted by molar-refractivity contribution is 5.29. The highest BCUT2D eigenvalue weighted by atomic mass is 19.3. The lowest BCUT2D eigenvalue weighted by atomic mass is 10.0. The maximum absolute atomic E-state index is 12.3. The molecule has 0 spiro atoms. The Morgan fingerprint density at radius 1 is 1.22 bits per heavy atom. The molecule has 4 heteroatoms. The molecular formula is C14H22F2N2. The van der Waals surface area contributed by atoms with E-state index in [1.54, 1.807) is 11.9 Å². The first-order chi connectivity index (χ1) is 8.54. The quantitative estimate of drug-likeness (QED) is 0.807.